The van der Waals surface area contributed by atoms with Crippen LogP contribution in [0.2, 0.25) is 0 Å². The van der Waals surface area contributed by atoms with Crippen LogP contribution in [0.4, 0.5) is 0 Å². The van der Waals surface area contributed by atoms with Crippen molar-refractivity contribution in [2.45, 2.75) is 13.8 Å². The van der Waals surface area contributed by atoms with Crippen molar-refractivity contribution in [1.29, 1.82) is 0 Å². The lowest BCUT2D eigenvalue weighted by molar-refractivity contribution is 0.0640. The van der Waals surface area contributed by atoms with Gasteiger partial charge in [-0.2, -0.15) is 10.2 Å². The predicted molar refractivity (Wildman–Crippen MR) is 217 cm³/mol. The highest BCUT2D eigenvalue weighted by Crippen LogP contribution is 2.31. The normalized spacial score (nSPS) is 17.4. The van der Waals surface area contributed by atoms with Gasteiger partial charge < -0.3 is 56.8 Å². The van der Waals surface area contributed by atoms with E-state index < -0.39 is 0 Å². The number of hydrogen-bond acceptors (Lipinski definition) is 14. The summed E-state index contributed by atoms with van der Waals surface area (Å²) in [4.78, 5) is 0. The Balaban J connectivity index is 1.07. The Labute approximate surface area is 339 Å². The highest BCUT2D eigenvalue weighted by atomic mass is 16.6. The summed E-state index contributed by atoms with van der Waals surface area (Å²) in [7, 11) is 0. The predicted octanol–water partition coefficient (Wildman–Crippen LogP) is 6.44. The maximum absolute atomic E-state index is 6.13. The first-order chi connectivity index (χ1) is 28.6. The Bertz CT molecular complexity index is 1780. The van der Waals surface area contributed by atoms with Gasteiger partial charge in [0, 0.05) is 11.1 Å². The smallest absolute Gasteiger partial charge is 0.161 e. The molecule has 0 bridgehead atoms. The Kier molecular flexibility index (Phi) is 17.1. The third-order valence-corrected chi connectivity index (χ3v) is 8.65. The van der Waals surface area contributed by atoms with Gasteiger partial charge in [-0.25, -0.2) is 0 Å². The van der Waals surface area contributed by atoms with Gasteiger partial charge in [0.05, 0.1) is 64.3 Å². The molecule has 0 radical (unpaired) electrons. The average molecular weight is 801 g/mol. The highest BCUT2D eigenvalue weighted by molar-refractivity contribution is 6.02. The second-order valence-corrected chi connectivity index (χ2v) is 12.8. The van der Waals surface area contributed by atoms with E-state index in [1.807, 2.05) is 98.8 Å². The zero-order valence-corrected chi connectivity index (χ0v) is 33.2. The van der Waals surface area contributed by atoms with Crippen LogP contribution >= 0.6 is 0 Å². The van der Waals surface area contributed by atoms with E-state index >= 15 is 0 Å². The number of ether oxygens (including phenoxy) is 12. The van der Waals surface area contributed by atoms with Crippen molar-refractivity contribution in [3.05, 3.63) is 96.1 Å². The van der Waals surface area contributed by atoms with Crippen molar-refractivity contribution in [2.75, 3.05) is 106 Å². The zero-order valence-electron chi connectivity index (χ0n) is 33.2. The Morgan fingerprint density at radius 3 is 0.828 bits per heavy atom. The molecule has 58 heavy (non-hydrogen) atoms. The van der Waals surface area contributed by atoms with Crippen LogP contribution in [0.1, 0.15) is 25.0 Å². The summed E-state index contributed by atoms with van der Waals surface area (Å²) in [5.74, 6) is 4.94. The van der Waals surface area contributed by atoms with E-state index in [9.17, 15) is 0 Å². The molecule has 0 unspecified atom stereocenters. The first-order valence-electron chi connectivity index (χ1n) is 19.5. The van der Waals surface area contributed by atoms with Crippen LogP contribution in [0.25, 0.3) is 0 Å². The number of para-hydroxylation sites is 4. The van der Waals surface area contributed by atoms with E-state index in [0.717, 1.165) is 11.1 Å². The highest BCUT2D eigenvalue weighted by Gasteiger charge is 2.13. The molecule has 4 aromatic rings. The zero-order chi connectivity index (χ0) is 40.0. The van der Waals surface area contributed by atoms with Crippen molar-refractivity contribution < 1.29 is 56.8 Å². The minimum atomic E-state index is 0.311. The average Bonchev–Trinajstić information content (AvgIpc) is 3.25. The summed E-state index contributed by atoms with van der Waals surface area (Å²) in [6, 6.07) is 26.4. The summed E-state index contributed by atoms with van der Waals surface area (Å²) < 4.78 is 70.8. The minimum absolute atomic E-state index is 0.311. The number of rotatable bonds is 3. The van der Waals surface area contributed by atoms with Crippen LogP contribution in [0.5, 0.6) is 46.0 Å². The summed E-state index contributed by atoms with van der Waals surface area (Å²) >= 11 is 0. The van der Waals surface area contributed by atoms with Crippen molar-refractivity contribution >= 4 is 11.4 Å². The molecule has 0 N–H and O–H groups in total. The number of nitrogens with zero attached hydrogens (tertiary/aromatic N) is 2. The van der Waals surface area contributed by atoms with Gasteiger partial charge in [0.1, 0.15) is 52.9 Å². The van der Waals surface area contributed by atoms with Gasteiger partial charge in [0.25, 0.3) is 0 Å². The monoisotopic (exact) mass is 800 g/mol. The molecule has 2 aliphatic rings. The SMILES string of the molecule is C/C(=N\N=C(/C)c1ccc2c(c1)OCCOCCOc1ccccc1OCCOCCO2)c1ccc2c(c1)OCCOCCOc1ccccc1OCCOCCO2. The van der Waals surface area contributed by atoms with Crippen molar-refractivity contribution in [2.24, 2.45) is 10.2 Å². The summed E-state index contributed by atoms with van der Waals surface area (Å²) in [6.07, 6.45) is 0. The van der Waals surface area contributed by atoms with Crippen LogP contribution < -0.4 is 37.9 Å². The molecule has 0 atom stereocenters. The van der Waals surface area contributed by atoms with Gasteiger partial charge in [-0.05, 0) is 74.5 Å². The van der Waals surface area contributed by atoms with E-state index in [1.165, 1.54) is 0 Å². The molecule has 0 aliphatic carbocycles. The lowest BCUT2D eigenvalue weighted by Crippen LogP contribution is -2.15. The molecule has 2 heterocycles. The van der Waals surface area contributed by atoms with Crippen molar-refractivity contribution in [3.8, 4) is 46.0 Å². The minimum Gasteiger partial charge on any atom is -0.487 e. The molecule has 310 valence electrons. The molecule has 14 nitrogen and oxygen atoms in total. The number of fused-ring (bicyclic) bond motifs is 4. The molecule has 14 heteroatoms. The van der Waals surface area contributed by atoms with Crippen molar-refractivity contribution in [3.63, 3.8) is 0 Å². The Morgan fingerprint density at radius 2 is 0.552 bits per heavy atom. The molecule has 4 aromatic carbocycles. The van der Waals surface area contributed by atoms with Crippen LogP contribution in [-0.2, 0) is 18.9 Å². The van der Waals surface area contributed by atoms with Gasteiger partial charge in [0.15, 0.2) is 46.0 Å². The van der Waals surface area contributed by atoms with E-state index in [4.69, 9.17) is 56.8 Å². The molecule has 0 saturated heterocycles. The summed E-state index contributed by atoms with van der Waals surface area (Å²) in [6.45, 7) is 9.64. The van der Waals surface area contributed by atoms with Gasteiger partial charge in [-0.1, -0.05) is 24.3 Å². The fourth-order valence-electron chi connectivity index (χ4n) is 5.67. The van der Waals surface area contributed by atoms with E-state index in [0.29, 0.717) is 163 Å². The molecule has 6 rings (SSSR count). The third kappa shape index (κ3) is 13.5. The van der Waals surface area contributed by atoms with Crippen LogP contribution in [-0.4, -0.2) is 117 Å². The topological polar surface area (TPSA) is 135 Å². The molecular formula is C44H52N2O12. The lowest BCUT2D eigenvalue weighted by Gasteiger charge is -2.16. The van der Waals surface area contributed by atoms with Crippen molar-refractivity contribution in [1.82, 2.24) is 0 Å². The van der Waals surface area contributed by atoms with Crippen LogP contribution in [0.15, 0.2) is 95.1 Å². The maximum Gasteiger partial charge on any atom is 0.161 e. The van der Waals surface area contributed by atoms with E-state index in [1.54, 1.807) is 0 Å². The molecular weight excluding hydrogens is 748 g/mol. The second-order valence-electron chi connectivity index (χ2n) is 12.8. The maximum atomic E-state index is 6.13. The van der Waals surface area contributed by atoms with Crippen LogP contribution in [0.3, 0.4) is 0 Å². The first kappa shape index (κ1) is 42.1. The standard InChI is InChI=1S/C44H52N2O12/c1-33(35-11-13-41-43(31-35)57-29-21-49-17-25-53-39-9-5-3-7-37(39)51-23-15-47-19-27-55-41)45-46-34(2)36-12-14-42-44(32-36)58-30-22-50-18-26-54-40-10-6-4-8-38(40)52-24-16-48-20-28-56-42/h3-14,31-32H,15-30H2,1-2H3/b45-33+,46-34+. The summed E-state index contributed by atoms with van der Waals surface area (Å²) in [5, 5.41) is 9.13. The molecule has 2 aliphatic heterocycles. The van der Waals surface area contributed by atoms with Gasteiger partial charge in [-0.15, -0.1) is 0 Å². The lowest BCUT2D eigenvalue weighted by atomic mass is 10.1. The largest absolute Gasteiger partial charge is 0.487 e. The molecule has 0 fully saturated rings. The molecule has 0 amide bonds. The molecule has 0 saturated carbocycles. The Morgan fingerprint density at radius 1 is 0.310 bits per heavy atom. The van der Waals surface area contributed by atoms with Gasteiger partial charge in [-0.3, -0.25) is 0 Å². The number of benzene rings is 4. The van der Waals surface area contributed by atoms with E-state index in [-0.39, 0.29) is 0 Å². The summed E-state index contributed by atoms with van der Waals surface area (Å²) in [5.41, 5.74) is 3.02. The van der Waals surface area contributed by atoms with Crippen LogP contribution in [0, 0.1) is 0 Å². The fourth-order valence-corrected chi connectivity index (χ4v) is 5.67. The quantitative estimate of drug-likeness (QED) is 0.167. The third-order valence-electron chi connectivity index (χ3n) is 8.65. The molecule has 0 spiro atoms. The first-order valence-corrected chi connectivity index (χ1v) is 19.5. The second kappa shape index (κ2) is 23.6. The molecule has 0 aromatic heterocycles. The van der Waals surface area contributed by atoms with Gasteiger partial charge in [0.2, 0.25) is 0 Å². The van der Waals surface area contributed by atoms with Gasteiger partial charge >= 0.3 is 0 Å². The Hall–Kier alpha value is -5.54. The fraction of sp³-hybridized carbons (Fsp3) is 0.409. The number of hydrogen-bond donors (Lipinski definition) is 0. The van der Waals surface area contributed by atoms with E-state index in [2.05, 4.69) is 10.2 Å².